The number of benzene rings is 1. The van der Waals surface area contributed by atoms with Crippen molar-refractivity contribution in [3.63, 3.8) is 0 Å². The summed E-state index contributed by atoms with van der Waals surface area (Å²) in [6.45, 7) is 2.30. The third kappa shape index (κ3) is 4.04. The number of halogens is 3. The van der Waals surface area contributed by atoms with E-state index >= 15 is 0 Å². The predicted octanol–water partition coefficient (Wildman–Crippen LogP) is 3.80. The van der Waals surface area contributed by atoms with Gasteiger partial charge in [-0.1, -0.05) is 31.2 Å². The topological polar surface area (TPSA) is 3.24 Å². The van der Waals surface area contributed by atoms with E-state index in [2.05, 4.69) is 0 Å². The zero-order valence-corrected chi connectivity index (χ0v) is 10.4. The van der Waals surface area contributed by atoms with Crippen molar-refractivity contribution in [2.45, 2.75) is 32.0 Å². The van der Waals surface area contributed by atoms with Gasteiger partial charge in [0.05, 0.1) is 5.92 Å². The van der Waals surface area contributed by atoms with Gasteiger partial charge in [-0.2, -0.15) is 13.2 Å². The molecule has 4 heteroatoms. The maximum absolute atomic E-state index is 12.7. The standard InChI is InChI=1S/C13H18F3N/c1-4-12(13(14,15)16)11-7-5-10(6-8-11)9-17(2)3/h5-8,12H,4,9H2,1-3H3. The van der Waals surface area contributed by atoms with Gasteiger partial charge in [0, 0.05) is 6.54 Å². The highest BCUT2D eigenvalue weighted by Gasteiger charge is 2.39. The number of rotatable bonds is 4. The van der Waals surface area contributed by atoms with Crippen LogP contribution < -0.4 is 0 Å². The second-order valence-corrected chi connectivity index (χ2v) is 4.48. The minimum absolute atomic E-state index is 0.0799. The van der Waals surface area contributed by atoms with E-state index in [1.165, 1.54) is 0 Å². The molecule has 96 valence electrons. The van der Waals surface area contributed by atoms with Crippen molar-refractivity contribution < 1.29 is 13.2 Å². The van der Waals surface area contributed by atoms with Gasteiger partial charge in [-0.25, -0.2) is 0 Å². The summed E-state index contributed by atoms with van der Waals surface area (Å²) in [6.07, 6.45) is -4.08. The number of hydrogen-bond donors (Lipinski definition) is 0. The molecule has 17 heavy (non-hydrogen) atoms. The van der Waals surface area contributed by atoms with Crippen LogP contribution in [0, 0.1) is 0 Å². The Labute approximate surface area is 100 Å². The van der Waals surface area contributed by atoms with Crippen LogP contribution in [0.2, 0.25) is 0 Å². The molecule has 0 aliphatic carbocycles. The molecule has 0 fully saturated rings. The second kappa shape index (κ2) is 5.54. The highest BCUT2D eigenvalue weighted by molar-refractivity contribution is 5.26. The lowest BCUT2D eigenvalue weighted by atomic mass is 9.95. The minimum atomic E-state index is -4.15. The van der Waals surface area contributed by atoms with Crippen LogP contribution in [0.15, 0.2) is 24.3 Å². The van der Waals surface area contributed by atoms with Gasteiger partial charge in [-0.3, -0.25) is 0 Å². The Balaban J connectivity index is 2.86. The predicted molar refractivity (Wildman–Crippen MR) is 62.9 cm³/mol. The summed E-state index contributed by atoms with van der Waals surface area (Å²) in [7, 11) is 3.86. The van der Waals surface area contributed by atoms with Gasteiger partial charge < -0.3 is 4.90 Å². The number of nitrogens with zero attached hydrogens (tertiary/aromatic N) is 1. The maximum atomic E-state index is 12.7. The van der Waals surface area contributed by atoms with Crippen molar-refractivity contribution in [3.05, 3.63) is 35.4 Å². The lowest BCUT2D eigenvalue weighted by Crippen LogP contribution is -2.20. The van der Waals surface area contributed by atoms with Gasteiger partial charge >= 0.3 is 6.18 Å². The van der Waals surface area contributed by atoms with Crippen molar-refractivity contribution >= 4 is 0 Å². The Hall–Kier alpha value is -1.03. The molecule has 1 unspecified atom stereocenters. The van der Waals surface area contributed by atoms with Crippen LogP contribution in [0.4, 0.5) is 13.2 Å². The first-order valence-electron chi connectivity index (χ1n) is 5.65. The molecule has 0 heterocycles. The summed E-state index contributed by atoms with van der Waals surface area (Å²) in [5.41, 5.74) is 1.37. The van der Waals surface area contributed by atoms with E-state index in [1.54, 1.807) is 31.2 Å². The third-order valence-corrected chi connectivity index (χ3v) is 2.68. The van der Waals surface area contributed by atoms with Gasteiger partial charge in [0.15, 0.2) is 0 Å². The Kier molecular flexibility index (Phi) is 4.57. The molecular formula is C13H18F3N. The molecule has 0 aliphatic heterocycles. The average Bonchev–Trinajstić information content (AvgIpc) is 2.18. The molecule has 1 nitrogen and oxygen atoms in total. The van der Waals surface area contributed by atoms with E-state index in [0.717, 1.165) is 12.1 Å². The fraction of sp³-hybridized carbons (Fsp3) is 0.538. The fourth-order valence-corrected chi connectivity index (χ4v) is 1.88. The average molecular weight is 245 g/mol. The lowest BCUT2D eigenvalue weighted by molar-refractivity contribution is -0.151. The van der Waals surface area contributed by atoms with Crippen molar-refractivity contribution in [2.75, 3.05) is 14.1 Å². The highest BCUT2D eigenvalue weighted by atomic mass is 19.4. The molecule has 0 aromatic heterocycles. The van der Waals surface area contributed by atoms with Crippen molar-refractivity contribution in [3.8, 4) is 0 Å². The van der Waals surface area contributed by atoms with Gasteiger partial charge in [0.1, 0.15) is 0 Å². The second-order valence-electron chi connectivity index (χ2n) is 4.48. The normalized spacial score (nSPS) is 14.1. The van der Waals surface area contributed by atoms with Crippen LogP contribution in [0.3, 0.4) is 0 Å². The van der Waals surface area contributed by atoms with Crippen LogP contribution >= 0.6 is 0 Å². The summed E-state index contributed by atoms with van der Waals surface area (Å²) < 4.78 is 38.1. The molecule has 1 aromatic carbocycles. The van der Waals surface area contributed by atoms with Crippen molar-refractivity contribution in [1.82, 2.24) is 4.90 Å². The molecule has 1 aromatic rings. The quantitative estimate of drug-likeness (QED) is 0.779. The van der Waals surface area contributed by atoms with E-state index in [4.69, 9.17) is 0 Å². The van der Waals surface area contributed by atoms with Gasteiger partial charge in [-0.15, -0.1) is 0 Å². The highest BCUT2D eigenvalue weighted by Crippen LogP contribution is 2.37. The Morgan fingerprint density at radius 1 is 1.12 bits per heavy atom. The molecule has 0 spiro atoms. The molecule has 0 radical (unpaired) electrons. The Morgan fingerprint density at radius 3 is 2.00 bits per heavy atom. The monoisotopic (exact) mass is 245 g/mol. The first kappa shape index (κ1) is 14.0. The van der Waals surface area contributed by atoms with Crippen LogP contribution in [-0.2, 0) is 6.54 Å². The smallest absolute Gasteiger partial charge is 0.305 e. The van der Waals surface area contributed by atoms with Crippen LogP contribution in [0.1, 0.15) is 30.4 Å². The molecule has 1 rings (SSSR count). The molecule has 0 saturated heterocycles. The van der Waals surface area contributed by atoms with Crippen molar-refractivity contribution in [1.29, 1.82) is 0 Å². The summed E-state index contributed by atoms with van der Waals surface area (Å²) in [5, 5.41) is 0. The zero-order chi connectivity index (χ0) is 13.1. The summed E-state index contributed by atoms with van der Waals surface area (Å²) in [4.78, 5) is 1.98. The summed E-state index contributed by atoms with van der Waals surface area (Å²) >= 11 is 0. The van der Waals surface area contributed by atoms with Crippen LogP contribution in [0.5, 0.6) is 0 Å². The molecule has 0 aliphatic rings. The zero-order valence-electron chi connectivity index (χ0n) is 10.4. The Morgan fingerprint density at radius 2 is 1.65 bits per heavy atom. The summed E-state index contributed by atoms with van der Waals surface area (Å²) in [5.74, 6) is -1.35. The van der Waals surface area contributed by atoms with Crippen LogP contribution in [-0.4, -0.2) is 25.2 Å². The van der Waals surface area contributed by atoms with Gasteiger partial charge in [0.25, 0.3) is 0 Å². The van der Waals surface area contributed by atoms with E-state index < -0.39 is 12.1 Å². The minimum Gasteiger partial charge on any atom is -0.305 e. The maximum Gasteiger partial charge on any atom is 0.395 e. The number of alkyl halides is 3. The Bertz CT molecular complexity index is 341. The molecule has 1 atom stereocenters. The molecular weight excluding hydrogens is 227 g/mol. The van der Waals surface area contributed by atoms with E-state index in [0.29, 0.717) is 5.56 Å². The first-order chi connectivity index (χ1) is 7.84. The van der Waals surface area contributed by atoms with Gasteiger partial charge in [-0.05, 0) is 31.6 Å². The first-order valence-corrected chi connectivity index (χ1v) is 5.65. The number of hydrogen-bond acceptors (Lipinski definition) is 1. The van der Waals surface area contributed by atoms with Crippen molar-refractivity contribution in [2.24, 2.45) is 0 Å². The molecule has 0 amide bonds. The molecule has 0 bridgehead atoms. The molecule has 0 saturated carbocycles. The van der Waals surface area contributed by atoms with E-state index in [1.807, 2.05) is 19.0 Å². The SMILES string of the molecule is CCC(c1ccc(CN(C)C)cc1)C(F)(F)F. The van der Waals surface area contributed by atoms with E-state index in [9.17, 15) is 13.2 Å². The van der Waals surface area contributed by atoms with Gasteiger partial charge in [0.2, 0.25) is 0 Å². The largest absolute Gasteiger partial charge is 0.395 e. The van der Waals surface area contributed by atoms with Crippen LogP contribution in [0.25, 0.3) is 0 Å². The molecule has 0 N–H and O–H groups in total. The fourth-order valence-electron chi connectivity index (χ4n) is 1.88. The third-order valence-electron chi connectivity index (χ3n) is 2.68. The summed E-state index contributed by atoms with van der Waals surface area (Å²) in [6, 6.07) is 6.70. The van der Waals surface area contributed by atoms with E-state index in [-0.39, 0.29) is 6.42 Å². The lowest BCUT2D eigenvalue weighted by Gasteiger charge is -2.19.